The highest BCUT2D eigenvalue weighted by molar-refractivity contribution is 6.30. The minimum atomic E-state index is -0.395. The summed E-state index contributed by atoms with van der Waals surface area (Å²) in [5.74, 6) is 0.583. The van der Waals surface area contributed by atoms with Crippen LogP contribution < -0.4 is 10.6 Å². The fourth-order valence-electron chi connectivity index (χ4n) is 3.78. The molecule has 1 spiro atoms. The number of aliphatic imine (C=N–C) groups is 1. The molecule has 0 radical (unpaired) electrons. The zero-order chi connectivity index (χ0) is 19.3. The van der Waals surface area contributed by atoms with E-state index in [2.05, 4.69) is 22.8 Å². The molecule has 2 aromatic carbocycles. The van der Waals surface area contributed by atoms with Crippen LogP contribution in [0.4, 0.5) is 15.8 Å². The Kier molecular flexibility index (Phi) is 6.38. The van der Waals surface area contributed by atoms with Crippen molar-refractivity contribution in [2.45, 2.75) is 58.0 Å². The van der Waals surface area contributed by atoms with E-state index in [1.54, 1.807) is 12.1 Å². The third-order valence-electron chi connectivity index (χ3n) is 5.12. The van der Waals surface area contributed by atoms with Crippen LogP contribution in [0.5, 0.6) is 0 Å². The van der Waals surface area contributed by atoms with E-state index in [4.69, 9.17) is 16.6 Å². The lowest BCUT2D eigenvalue weighted by atomic mass is 9.79. The smallest absolute Gasteiger partial charge is 0.141 e. The van der Waals surface area contributed by atoms with E-state index in [0.29, 0.717) is 6.54 Å². The Bertz CT molecular complexity index is 813. The zero-order valence-corrected chi connectivity index (χ0v) is 16.7. The molecular weight excluding hydrogens is 361 g/mol. The standard InChI is InChI=1S/C20H21ClFN3.C2H6/c21-15-12-14(8-9-16(15)22)13-23-19-20(10-4-1-5-11-20)25-18-7-3-2-6-17(18)24-19;1-2/h2-3,6-9,12,25H,1,4-5,10-11,13H2,(H,23,24);1-2H3. The average Bonchev–Trinajstić information content (AvgIpc) is 2.71. The van der Waals surface area contributed by atoms with Crippen molar-refractivity contribution in [2.24, 2.45) is 4.99 Å². The maximum absolute atomic E-state index is 13.4. The zero-order valence-electron chi connectivity index (χ0n) is 16.0. The van der Waals surface area contributed by atoms with Crippen LogP contribution in [-0.4, -0.2) is 11.4 Å². The minimum Gasteiger partial charge on any atom is -0.371 e. The Balaban J connectivity index is 0.00000102. The molecule has 2 N–H and O–H groups in total. The van der Waals surface area contributed by atoms with Gasteiger partial charge in [0.15, 0.2) is 0 Å². The average molecular weight is 388 g/mol. The predicted octanol–water partition coefficient (Wildman–Crippen LogP) is 6.64. The molecule has 4 rings (SSSR count). The number of benzene rings is 2. The van der Waals surface area contributed by atoms with Gasteiger partial charge in [0.25, 0.3) is 0 Å². The number of para-hydroxylation sites is 2. The summed E-state index contributed by atoms with van der Waals surface area (Å²) >= 11 is 5.89. The highest BCUT2D eigenvalue weighted by Gasteiger charge is 2.40. The Morgan fingerprint density at radius 3 is 2.44 bits per heavy atom. The topological polar surface area (TPSA) is 36.4 Å². The van der Waals surface area contributed by atoms with Gasteiger partial charge in [-0.05, 0) is 42.7 Å². The van der Waals surface area contributed by atoms with Crippen LogP contribution in [0.1, 0.15) is 51.5 Å². The van der Waals surface area contributed by atoms with E-state index < -0.39 is 5.82 Å². The maximum Gasteiger partial charge on any atom is 0.141 e. The molecule has 0 unspecified atom stereocenters. The van der Waals surface area contributed by atoms with E-state index in [1.165, 1.54) is 25.3 Å². The van der Waals surface area contributed by atoms with Crippen molar-refractivity contribution in [3.8, 4) is 0 Å². The summed E-state index contributed by atoms with van der Waals surface area (Å²) in [5.41, 5.74) is 2.96. The molecule has 5 heteroatoms. The van der Waals surface area contributed by atoms with Crippen LogP contribution in [0, 0.1) is 5.82 Å². The number of halogens is 2. The quantitative estimate of drug-likeness (QED) is 0.605. The normalized spacial score (nSPS) is 18.7. The molecule has 1 saturated carbocycles. The number of hydrogen-bond acceptors (Lipinski definition) is 2. The van der Waals surface area contributed by atoms with Crippen LogP contribution in [0.2, 0.25) is 5.02 Å². The Hall–Kier alpha value is -2.07. The molecular formula is C22H27ClFN3. The number of amidine groups is 1. The molecule has 3 nitrogen and oxygen atoms in total. The second-order valence-electron chi connectivity index (χ2n) is 6.85. The molecule has 0 saturated heterocycles. The van der Waals surface area contributed by atoms with Gasteiger partial charge in [0.05, 0.1) is 28.5 Å². The molecule has 27 heavy (non-hydrogen) atoms. The van der Waals surface area contributed by atoms with Crippen molar-refractivity contribution in [2.75, 3.05) is 10.6 Å². The molecule has 2 aromatic rings. The van der Waals surface area contributed by atoms with Crippen molar-refractivity contribution in [1.29, 1.82) is 0 Å². The molecule has 0 amide bonds. The van der Waals surface area contributed by atoms with Crippen molar-refractivity contribution < 1.29 is 4.39 Å². The summed E-state index contributed by atoms with van der Waals surface area (Å²) in [7, 11) is 0. The summed E-state index contributed by atoms with van der Waals surface area (Å²) in [5, 5.41) is 7.42. The van der Waals surface area contributed by atoms with Gasteiger partial charge in [0, 0.05) is 0 Å². The van der Waals surface area contributed by atoms with Crippen molar-refractivity contribution in [3.05, 3.63) is 58.9 Å². The van der Waals surface area contributed by atoms with E-state index in [1.807, 2.05) is 26.0 Å². The summed E-state index contributed by atoms with van der Waals surface area (Å²) < 4.78 is 13.4. The minimum absolute atomic E-state index is 0.129. The fourth-order valence-corrected chi connectivity index (χ4v) is 3.98. The van der Waals surface area contributed by atoms with Crippen LogP contribution in [0.15, 0.2) is 47.5 Å². The molecule has 2 aliphatic rings. The van der Waals surface area contributed by atoms with Crippen LogP contribution in [0.25, 0.3) is 0 Å². The largest absolute Gasteiger partial charge is 0.371 e. The van der Waals surface area contributed by atoms with E-state index in [0.717, 1.165) is 35.6 Å². The van der Waals surface area contributed by atoms with Gasteiger partial charge in [0.1, 0.15) is 11.7 Å². The van der Waals surface area contributed by atoms with Gasteiger partial charge in [-0.3, -0.25) is 4.99 Å². The number of hydrogen-bond donors (Lipinski definition) is 2. The molecule has 0 aromatic heterocycles. The summed E-state index contributed by atoms with van der Waals surface area (Å²) in [6, 6.07) is 13.0. The molecule has 0 bridgehead atoms. The second kappa shape index (κ2) is 8.75. The van der Waals surface area contributed by atoms with Gasteiger partial charge >= 0.3 is 0 Å². The monoisotopic (exact) mass is 387 g/mol. The highest BCUT2D eigenvalue weighted by Crippen LogP contribution is 2.39. The van der Waals surface area contributed by atoms with Crippen molar-refractivity contribution in [1.82, 2.24) is 0 Å². The summed E-state index contributed by atoms with van der Waals surface area (Å²) in [4.78, 5) is 4.86. The van der Waals surface area contributed by atoms with Gasteiger partial charge in [-0.2, -0.15) is 0 Å². The van der Waals surface area contributed by atoms with Gasteiger partial charge < -0.3 is 10.6 Å². The number of nitrogens with zero attached hydrogens (tertiary/aromatic N) is 1. The third-order valence-corrected chi connectivity index (χ3v) is 5.41. The number of nitrogens with one attached hydrogen (secondary N) is 2. The number of rotatable bonds is 2. The van der Waals surface area contributed by atoms with Gasteiger partial charge in [-0.1, -0.05) is 62.9 Å². The van der Waals surface area contributed by atoms with Crippen molar-refractivity contribution in [3.63, 3.8) is 0 Å². The van der Waals surface area contributed by atoms with Crippen molar-refractivity contribution >= 4 is 28.8 Å². The molecule has 144 valence electrons. The Morgan fingerprint density at radius 2 is 1.74 bits per heavy atom. The molecule has 1 aliphatic heterocycles. The third kappa shape index (κ3) is 4.27. The lowest BCUT2D eigenvalue weighted by Gasteiger charge is -2.44. The molecule has 1 heterocycles. The van der Waals surface area contributed by atoms with E-state index in [-0.39, 0.29) is 10.6 Å². The maximum atomic E-state index is 13.4. The summed E-state index contributed by atoms with van der Waals surface area (Å²) in [6.45, 7) is 4.48. The lowest BCUT2D eigenvalue weighted by Crippen LogP contribution is -2.53. The Morgan fingerprint density at radius 1 is 1.04 bits per heavy atom. The first kappa shape index (κ1) is 19.7. The number of fused-ring (bicyclic) bond motifs is 1. The van der Waals surface area contributed by atoms with Gasteiger partial charge in [0.2, 0.25) is 0 Å². The summed E-state index contributed by atoms with van der Waals surface area (Å²) in [6.07, 6.45) is 5.79. The fraction of sp³-hybridized carbons (Fsp3) is 0.409. The highest BCUT2D eigenvalue weighted by atomic mass is 35.5. The van der Waals surface area contributed by atoms with Crippen LogP contribution in [-0.2, 0) is 6.54 Å². The van der Waals surface area contributed by atoms with Crippen LogP contribution >= 0.6 is 11.6 Å². The first-order chi connectivity index (χ1) is 13.2. The predicted molar refractivity (Wildman–Crippen MR) is 113 cm³/mol. The van der Waals surface area contributed by atoms with E-state index in [9.17, 15) is 4.39 Å². The SMILES string of the molecule is CC.Fc1ccc(CN=C2Nc3ccccc3NC23CCCCC3)cc1Cl. The Labute approximate surface area is 166 Å². The van der Waals surface area contributed by atoms with E-state index >= 15 is 0 Å². The first-order valence-electron chi connectivity index (χ1n) is 9.79. The van der Waals surface area contributed by atoms with Crippen LogP contribution in [0.3, 0.4) is 0 Å². The van der Waals surface area contributed by atoms with Gasteiger partial charge in [-0.25, -0.2) is 4.39 Å². The molecule has 1 aliphatic carbocycles. The van der Waals surface area contributed by atoms with Gasteiger partial charge in [-0.15, -0.1) is 0 Å². The second-order valence-corrected chi connectivity index (χ2v) is 7.26. The number of anilines is 2. The first-order valence-corrected chi connectivity index (χ1v) is 10.2. The molecule has 1 fully saturated rings. The lowest BCUT2D eigenvalue weighted by molar-refractivity contribution is 0.403. The molecule has 0 atom stereocenters.